The lowest BCUT2D eigenvalue weighted by Crippen LogP contribution is -2.38. The molecule has 1 saturated carbocycles. The standard InChI is InChI=1S/C25H24N4O2S/c30-24(22-15-21(17-12-13-17)27-29(22)18-7-2-1-3-8-18)28(16-19-9-6-14-31-19)25-26-20-10-4-5-11-23(20)32-25/h1-5,7-8,10-11,15,17,19H,6,9,12-14,16H2. The first kappa shape index (κ1) is 19.6. The van der Waals surface area contributed by atoms with Crippen molar-refractivity contribution >= 4 is 32.6 Å². The Kier molecular flexibility index (Phi) is 5.00. The minimum Gasteiger partial charge on any atom is -0.376 e. The summed E-state index contributed by atoms with van der Waals surface area (Å²) in [5.41, 5.74) is 3.38. The number of fused-ring (bicyclic) bond motifs is 1. The number of ether oxygens (including phenoxy) is 1. The summed E-state index contributed by atoms with van der Waals surface area (Å²) in [6, 6.07) is 19.9. The highest BCUT2D eigenvalue weighted by Crippen LogP contribution is 2.40. The number of rotatable bonds is 6. The minimum absolute atomic E-state index is 0.0296. The van der Waals surface area contributed by atoms with Crippen LogP contribution in [0, 0.1) is 0 Å². The van der Waals surface area contributed by atoms with E-state index in [1.54, 1.807) is 20.9 Å². The molecule has 7 heteroatoms. The van der Waals surface area contributed by atoms with Crippen molar-refractivity contribution in [3.8, 4) is 5.69 Å². The number of aromatic nitrogens is 3. The van der Waals surface area contributed by atoms with Crippen LogP contribution in [-0.4, -0.2) is 39.9 Å². The molecule has 2 aromatic carbocycles. The van der Waals surface area contributed by atoms with Crippen LogP contribution in [0.2, 0.25) is 0 Å². The van der Waals surface area contributed by atoms with Crippen LogP contribution >= 0.6 is 11.3 Å². The summed E-state index contributed by atoms with van der Waals surface area (Å²) in [6.07, 6.45) is 4.29. The number of hydrogen-bond donors (Lipinski definition) is 0. The Bertz CT molecular complexity index is 1220. The molecule has 1 aliphatic carbocycles. The fourth-order valence-electron chi connectivity index (χ4n) is 4.25. The van der Waals surface area contributed by atoms with Gasteiger partial charge in [-0.3, -0.25) is 9.69 Å². The fraction of sp³-hybridized carbons (Fsp3) is 0.320. The van der Waals surface area contributed by atoms with Gasteiger partial charge in [-0.25, -0.2) is 9.67 Å². The zero-order valence-corrected chi connectivity index (χ0v) is 18.5. The van der Waals surface area contributed by atoms with Crippen molar-refractivity contribution < 1.29 is 9.53 Å². The maximum Gasteiger partial charge on any atom is 0.278 e. The lowest BCUT2D eigenvalue weighted by molar-refractivity contribution is 0.0911. The fourth-order valence-corrected chi connectivity index (χ4v) is 5.22. The van der Waals surface area contributed by atoms with Crippen LogP contribution in [0.15, 0.2) is 60.7 Å². The van der Waals surface area contributed by atoms with Gasteiger partial charge >= 0.3 is 0 Å². The van der Waals surface area contributed by atoms with Crippen molar-refractivity contribution in [1.29, 1.82) is 0 Å². The average Bonchev–Trinajstić information content (AvgIpc) is 3.23. The molecule has 1 saturated heterocycles. The number of benzene rings is 2. The van der Waals surface area contributed by atoms with E-state index in [-0.39, 0.29) is 12.0 Å². The minimum atomic E-state index is -0.0807. The molecule has 4 aromatic rings. The summed E-state index contributed by atoms with van der Waals surface area (Å²) >= 11 is 1.55. The molecule has 0 spiro atoms. The summed E-state index contributed by atoms with van der Waals surface area (Å²) < 4.78 is 8.76. The molecule has 0 radical (unpaired) electrons. The van der Waals surface area contributed by atoms with E-state index < -0.39 is 0 Å². The summed E-state index contributed by atoms with van der Waals surface area (Å²) in [7, 11) is 0. The van der Waals surface area contributed by atoms with Gasteiger partial charge in [0, 0.05) is 12.5 Å². The highest BCUT2D eigenvalue weighted by Gasteiger charge is 2.33. The highest BCUT2D eigenvalue weighted by molar-refractivity contribution is 7.22. The second-order valence-corrected chi connectivity index (χ2v) is 9.50. The van der Waals surface area contributed by atoms with Crippen LogP contribution in [0.3, 0.4) is 0 Å². The van der Waals surface area contributed by atoms with E-state index in [0.717, 1.165) is 53.9 Å². The van der Waals surface area contributed by atoms with Crippen LogP contribution in [0.4, 0.5) is 5.13 Å². The van der Waals surface area contributed by atoms with Gasteiger partial charge in [-0.15, -0.1) is 0 Å². The molecule has 2 aromatic heterocycles. The average molecular weight is 445 g/mol. The number of amides is 1. The van der Waals surface area contributed by atoms with Crippen molar-refractivity contribution in [2.45, 2.75) is 37.7 Å². The van der Waals surface area contributed by atoms with E-state index in [2.05, 4.69) is 0 Å². The Hall–Kier alpha value is -3.03. The van der Waals surface area contributed by atoms with Crippen molar-refractivity contribution in [1.82, 2.24) is 14.8 Å². The maximum atomic E-state index is 14.0. The lowest BCUT2D eigenvalue weighted by atomic mass is 10.2. The van der Waals surface area contributed by atoms with E-state index in [4.69, 9.17) is 14.8 Å². The Morgan fingerprint density at radius 2 is 1.91 bits per heavy atom. The molecule has 2 fully saturated rings. The Morgan fingerprint density at radius 1 is 1.09 bits per heavy atom. The van der Waals surface area contributed by atoms with Crippen LogP contribution < -0.4 is 4.90 Å². The molecule has 6 nitrogen and oxygen atoms in total. The first-order valence-electron chi connectivity index (χ1n) is 11.2. The Balaban J connectivity index is 1.43. The second-order valence-electron chi connectivity index (χ2n) is 8.49. The molecule has 1 atom stereocenters. The largest absolute Gasteiger partial charge is 0.376 e. The van der Waals surface area contributed by atoms with Crippen LogP contribution in [-0.2, 0) is 4.74 Å². The monoisotopic (exact) mass is 444 g/mol. The number of carbonyl (C=O) groups excluding carboxylic acids is 1. The van der Waals surface area contributed by atoms with E-state index in [9.17, 15) is 4.79 Å². The van der Waals surface area contributed by atoms with Gasteiger partial charge in [0.05, 0.1) is 34.2 Å². The molecular weight excluding hydrogens is 420 g/mol. The summed E-state index contributed by atoms with van der Waals surface area (Å²) in [6.45, 7) is 1.25. The van der Waals surface area contributed by atoms with Gasteiger partial charge in [-0.2, -0.15) is 5.10 Å². The van der Waals surface area contributed by atoms with Gasteiger partial charge in [-0.05, 0) is 56.0 Å². The van der Waals surface area contributed by atoms with Crippen molar-refractivity contribution in [3.05, 3.63) is 72.1 Å². The van der Waals surface area contributed by atoms with Crippen LogP contribution in [0.1, 0.15) is 47.8 Å². The molecule has 1 amide bonds. The van der Waals surface area contributed by atoms with Gasteiger partial charge in [0.25, 0.3) is 5.91 Å². The Labute approximate surface area is 190 Å². The third-order valence-corrected chi connectivity index (χ3v) is 7.17. The Morgan fingerprint density at radius 3 is 2.66 bits per heavy atom. The van der Waals surface area contributed by atoms with Gasteiger partial charge in [0.1, 0.15) is 5.69 Å². The van der Waals surface area contributed by atoms with Crippen LogP contribution in [0.25, 0.3) is 15.9 Å². The summed E-state index contributed by atoms with van der Waals surface area (Å²) in [5, 5.41) is 5.54. The summed E-state index contributed by atoms with van der Waals surface area (Å²) in [5.74, 6) is 0.378. The van der Waals surface area contributed by atoms with Gasteiger partial charge in [-0.1, -0.05) is 41.7 Å². The van der Waals surface area contributed by atoms with Crippen LogP contribution in [0.5, 0.6) is 0 Å². The quantitative estimate of drug-likeness (QED) is 0.411. The molecule has 1 aliphatic heterocycles. The number of nitrogens with zero attached hydrogens (tertiary/aromatic N) is 4. The number of anilines is 1. The first-order valence-corrected chi connectivity index (χ1v) is 12.0. The van der Waals surface area contributed by atoms with E-state index >= 15 is 0 Å². The molecule has 3 heterocycles. The zero-order chi connectivity index (χ0) is 21.5. The van der Waals surface area contributed by atoms with Gasteiger partial charge in [0.2, 0.25) is 0 Å². The number of thiazole rings is 1. The molecule has 1 unspecified atom stereocenters. The van der Waals surface area contributed by atoms with Gasteiger partial charge < -0.3 is 4.74 Å². The highest BCUT2D eigenvalue weighted by atomic mass is 32.1. The smallest absolute Gasteiger partial charge is 0.278 e. The van der Waals surface area contributed by atoms with Crippen molar-refractivity contribution in [2.24, 2.45) is 0 Å². The molecule has 6 rings (SSSR count). The lowest BCUT2D eigenvalue weighted by Gasteiger charge is -2.23. The molecular formula is C25H24N4O2S. The van der Waals surface area contributed by atoms with Crippen molar-refractivity contribution in [3.63, 3.8) is 0 Å². The number of hydrogen-bond acceptors (Lipinski definition) is 5. The normalized spacial score (nSPS) is 18.3. The topological polar surface area (TPSA) is 60.2 Å². The SMILES string of the molecule is O=C(c1cc(C2CC2)nn1-c1ccccc1)N(CC1CCCO1)c1nc2ccccc2s1. The number of carbonyl (C=O) groups is 1. The molecule has 2 aliphatic rings. The molecule has 0 N–H and O–H groups in total. The zero-order valence-electron chi connectivity index (χ0n) is 17.7. The number of para-hydroxylation sites is 2. The van der Waals surface area contributed by atoms with E-state index in [0.29, 0.717) is 23.3 Å². The first-order chi connectivity index (χ1) is 15.8. The second kappa shape index (κ2) is 8.15. The molecule has 162 valence electrons. The van der Waals surface area contributed by atoms with Crippen molar-refractivity contribution in [2.75, 3.05) is 18.1 Å². The predicted molar refractivity (Wildman–Crippen MR) is 126 cm³/mol. The molecule has 0 bridgehead atoms. The van der Waals surface area contributed by atoms with Gasteiger partial charge in [0.15, 0.2) is 5.13 Å². The predicted octanol–water partition coefficient (Wildman–Crippen LogP) is 5.19. The molecule has 32 heavy (non-hydrogen) atoms. The summed E-state index contributed by atoms with van der Waals surface area (Å²) in [4.78, 5) is 20.6. The van der Waals surface area contributed by atoms with E-state index in [1.165, 1.54) is 0 Å². The maximum absolute atomic E-state index is 14.0. The third-order valence-electron chi connectivity index (χ3n) is 6.11. The van der Waals surface area contributed by atoms with E-state index in [1.807, 2.05) is 60.7 Å². The third kappa shape index (κ3) is 3.72.